The van der Waals surface area contributed by atoms with E-state index in [0.29, 0.717) is 0 Å². The van der Waals surface area contributed by atoms with Crippen LogP contribution in [0.1, 0.15) is 17.5 Å². The van der Waals surface area contributed by atoms with Gasteiger partial charge >= 0.3 is 0 Å². The first kappa shape index (κ1) is 9.94. The van der Waals surface area contributed by atoms with Crippen molar-refractivity contribution in [3.05, 3.63) is 39.9 Å². The quantitative estimate of drug-likeness (QED) is 0.564. The summed E-state index contributed by atoms with van der Waals surface area (Å²) in [5.74, 6) is 0. The molecule has 0 N–H and O–H groups in total. The monoisotopic (exact) mass is 270 g/mol. The number of benzene rings is 1. The molecule has 0 saturated carbocycles. The number of aryl methyl sites for hydroxylation is 1. The predicted octanol–water partition coefficient (Wildman–Crippen LogP) is 3.54. The maximum Gasteiger partial charge on any atom is 0.245 e. The van der Waals surface area contributed by atoms with Crippen molar-refractivity contribution in [1.29, 1.82) is 0 Å². The molecule has 1 aromatic rings. The Morgan fingerprint density at radius 2 is 2.21 bits per heavy atom. The van der Waals surface area contributed by atoms with E-state index in [0.717, 1.165) is 28.5 Å². The van der Waals surface area contributed by atoms with Gasteiger partial charge in [-0.15, -0.1) is 0 Å². The van der Waals surface area contributed by atoms with E-state index in [9.17, 15) is 4.79 Å². The molecule has 0 aliphatic heterocycles. The highest BCUT2D eigenvalue weighted by molar-refractivity contribution is 9.10. The summed E-state index contributed by atoms with van der Waals surface area (Å²) in [6, 6.07) is 6.14. The van der Waals surface area contributed by atoms with E-state index >= 15 is 0 Å². The molecule has 0 amide bonds. The van der Waals surface area contributed by atoms with Crippen molar-refractivity contribution in [2.24, 2.45) is 0 Å². The predicted molar refractivity (Wildman–Crippen MR) is 61.3 cm³/mol. The van der Waals surface area contributed by atoms with E-state index in [1.54, 1.807) is 0 Å². The van der Waals surface area contributed by atoms with Crippen LogP contribution in [0.25, 0.3) is 5.57 Å². The zero-order chi connectivity index (χ0) is 10.1. The van der Waals surface area contributed by atoms with Gasteiger partial charge in [-0.2, -0.15) is 0 Å². The van der Waals surface area contributed by atoms with E-state index < -0.39 is 5.24 Å². The average Bonchev–Trinajstić information content (AvgIpc) is 2.47. The van der Waals surface area contributed by atoms with Gasteiger partial charge in [-0.1, -0.05) is 22.0 Å². The van der Waals surface area contributed by atoms with Crippen LogP contribution in [0.15, 0.2) is 28.7 Å². The fraction of sp³-hybridized carbons (Fsp3) is 0.182. The first-order chi connectivity index (χ1) is 6.66. The van der Waals surface area contributed by atoms with Crippen molar-refractivity contribution in [1.82, 2.24) is 0 Å². The molecule has 0 aromatic heterocycles. The van der Waals surface area contributed by atoms with E-state index in [4.69, 9.17) is 11.6 Å². The molecule has 0 atom stereocenters. The lowest BCUT2D eigenvalue weighted by Crippen LogP contribution is -1.83. The lowest BCUT2D eigenvalue weighted by atomic mass is 10.1. The molecule has 1 aromatic carbocycles. The van der Waals surface area contributed by atoms with Crippen LogP contribution < -0.4 is 0 Å². The molecule has 0 fully saturated rings. The van der Waals surface area contributed by atoms with Gasteiger partial charge < -0.3 is 0 Å². The van der Waals surface area contributed by atoms with Crippen LogP contribution in [-0.2, 0) is 11.2 Å². The molecule has 0 bridgehead atoms. The van der Waals surface area contributed by atoms with Crippen LogP contribution in [0, 0.1) is 0 Å². The maximum atomic E-state index is 10.8. The van der Waals surface area contributed by atoms with E-state index in [2.05, 4.69) is 22.0 Å². The third-order valence-electron chi connectivity index (χ3n) is 2.37. The largest absolute Gasteiger partial charge is 0.276 e. The molecule has 1 aliphatic rings. The fourth-order valence-electron chi connectivity index (χ4n) is 1.76. The van der Waals surface area contributed by atoms with Crippen LogP contribution in [0.2, 0.25) is 0 Å². The van der Waals surface area contributed by atoms with Gasteiger partial charge in [-0.25, -0.2) is 0 Å². The molecular weight excluding hydrogens is 263 g/mol. The molecule has 1 aliphatic carbocycles. The lowest BCUT2D eigenvalue weighted by molar-refractivity contribution is -0.107. The Bertz CT molecular complexity index is 423. The van der Waals surface area contributed by atoms with E-state index in [-0.39, 0.29) is 0 Å². The Labute approximate surface area is 95.9 Å². The molecular formula is C11H8BrClO. The highest BCUT2D eigenvalue weighted by Gasteiger charge is 2.16. The number of hydrogen-bond donors (Lipinski definition) is 0. The number of carbonyl (C=O) groups is 1. The van der Waals surface area contributed by atoms with E-state index in [1.165, 1.54) is 11.6 Å². The molecule has 0 unspecified atom stereocenters. The van der Waals surface area contributed by atoms with Crippen LogP contribution in [0.3, 0.4) is 0 Å². The SMILES string of the molecule is O=C(Cl)/C=C1\CCc2ccc(Br)cc21. The average molecular weight is 272 g/mol. The van der Waals surface area contributed by atoms with Crippen molar-refractivity contribution in [3.63, 3.8) is 0 Å². The summed E-state index contributed by atoms with van der Waals surface area (Å²) in [4.78, 5) is 10.8. The zero-order valence-corrected chi connectivity index (χ0v) is 9.73. The highest BCUT2D eigenvalue weighted by Crippen LogP contribution is 2.34. The molecule has 72 valence electrons. The highest BCUT2D eigenvalue weighted by atomic mass is 79.9. The van der Waals surface area contributed by atoms with Gasteiger partial charge in [0.05, 0.1) is 0 Å². The Hall–Kier alpha value is -0.600. The van der Waals surface area contributed by atoms with Crippen molar-refractivity contribution in [2.75, 3.05) is 0 Å². The summed E-state index contributed by atoms with van der Waals surface area (Å²) in [6.07, 6.45) is 3.42. The van der Waals surface area contributed by atoms with Crippen molar-refractivity contribution in [3.8, 4) is 0 Å². The smallest absolute Gasteiger partial charge is 0.245 e. The van der Waals surface area contributed by atoms with Gasteiger partial charge in [0.15, 0.2) is 0 Å². The molecule has 0 spiro atoms. The Kier molecular flexibility index (Phi) is 2.75. The fourth-order valence-corrected chi connectivity index (χ4v) is 2.25. The van der Waals surface area contributed by atoms with Gasteiger partial charge in [0.2, 0.25) is 5.24 Å². The summed E-state index contributed by atoms with van der Waals surface area (Å²) < 4.78 is 1.03. The van der Waals surface area contributed by atoms with Gasteiger partial charge in [0, 0.05) is 10.5 Å². The van der Waals surface area contributed by atoms with Crippen molar-refractivity contribution >= 4 is 38.3 Å². The molecule has 0 saturated heterocycles. The van der Waals surface area contributed by atoms with Gasteiger partial charge in [-0.3, -0.25) is 4.79 Å². The summed E-state index contributed by atoms with van der Waals surface area (Å²) >= 11 is 8.75. The third kappa shape index (κ3) is 1.91. The summed E-state index contributed by atoms with van der Waals surface area (Å²) in [7, 11) is 0. The second kappa shape index (κ2) is 3.87. The molecule has 2 rings (SSSR count). The Balaban J connectivity index is 2.48. The summed E-state index contributed by atoms with van der Waals surface area (Å²) in [5.41, 5.74) is 3.48. The normalized spacial score (nSPS) is 17.1. The van der Waals surface area contributed by atoms with Crippen LogP contribution in [0.4, 0.5) is 0 Å². The molecule has 0 radical (unpaired) electrons. The first-order valence-corrected chi connectivity index (χ1v) is 5.53. The van der Waals surface area contributed by atoms with E-state index in [1.807, 2.05) is 12.1 Å². The number of rotatable bonds is 1. The second-order valence-electron chi connectivity index (χ2n) is 3.28. The van der Waals surface area contributed by atoms with Crippen molar-refractivity contribution in [2.45, 2.75) is 12.8 Å². The van der Waals surface area contributed by atoms with Crippen molar-refractivity contribution < 1.29 is 4.79 Å². The third-order valence-corrected chi connectivity index (χ3v) is 2.97. The zero-order valence-electron chi connectivity index (χ0n) is 7.39. The number of carbonyl (C=O) groups excluding carboxylic acids is 1. The molecule has 3 heteroatoms. The molecule has 1 nitrogen and oxygen atoms in total. The maximum absolute atomic E-state index is 10.8. The number of hydrogen-bond acceptors (Lipinski definition) is 1. The van der Waals surface area contributed by atoms with Gasteiger partial charge in [0.25, 0.3) is 0 Å². The number of fused-ring (bicyclic) bond motifs is 1. The van der Waals surface area contributed by atoms with Gasteiger partial charge in [-0.05, 0) is 53.3 Å². The van der Waals surface area contributed by atoms with Gasteiger partial charge in [0.1, 0.15) is 0 Å². The Morgan fingerprint density at radius 1 is 1.43 bits per heavy atom. The van der Waals surface area contributed by atoms with Crippen LogP contribution >= 0.6 is 27.5 Å². The minimum absolute atomic E-state index is 0.396. The minimum Gasteiger partial charge on any atom is -0.276 e. The molecule has 0 heterocycles. The standard InChI is InChI=1S/C11H8BrClO/c12-9-4-3-7-1-2-8(5-11(13)14)10(7)6-9/h3-6H,1-2H2/b8-5+. The molecule has 14 heavy (non-hydrogen) atoms. The van der Waals surface area contributed by atoms with Crippen LogP contribution in [0.5, 0.6) is 0 Å². The Morgan fingerprint density at radius 3 is 2.93 bits per heavy atom. The first-order valence-electron chi connectivity index (χ1n) is 4.35. The lowest BCUT2D eigenvalue weighted by Gasteiger charge is -2.00. The summed E-state index contributed by atoms with van der Waals surface area (Å²) in [6.45, 7) is 0. The van der Waals surface area contributed by atoms with Crippen LogP contribution in [-0.4, -0.2) is 5.24 Å². The number of allylic oxidation sites excluding steroid dienone is 2. The summed E-state index contributed by atoms with van der Waals surface area (Å²) in [5, 5.41) is -0.396. The number of halogens is 2. The topological polar surface area (TPSA) is 17.1 Å². The minimum atomic E-state index is -0.396. The second-order valence-corrected chi connectivity index (χ2v) is 4.56.